The predicted octanol–water partition coefficient (Wildman–Crippen LogP) is 5.00. The van der Waals surface area contributed by atoms with Gasteiger partial charge in [-0.2, -0.15) is 0 Å². The summed E-state index contributed by atoms with van der Waals surface area (Å²) in [6, 6.07) is 18.2. The predicted molar refractivity (Wildman–Crippen MR) is 120 cm³/mol. The van der Waals surface area contributed by atoms with Gasteiger partial charge in [0.1, 0.15) is 5.82 Å². The fourth-order valence-corrected chi connectivity index (χ4v) is 4.99. The molecule has 1 N–H and O–H groups in total. The summed E-state index contributed by atoms with van der Waals surface area (Å²) >= 11 is 0. The second-order valence-electron chi connectivity index (χ2n) is 8.60. The van der Waals surface area contributed by atoms with Gasteiger partial charge in [0, 0.05) is 18.2 Å². The molecule has 2 aromatic carbocycles. The molecule has 1 atom stereocenters. The van der Waals surface area contributed by atoms with Crippen LogP contribution in [-0.2, 0) is 6.54 Å². The summed E-state index contributed by atoms with van der Waals surface area (Å²) in [5, 5.41) is 3.60. The van der Waals surface area contributed by atoms with E-state index in [1.165, 1.54) is 74.8 Å². The summed E-state index contributed by atoms with van der Waals surface area (Å²) in [6.07, 6.45) is 7.83. The Bertz CT molecular complexity index is 931. The van der Waals surface area contributed by atoms with Gasteiger partial charge >= 0.3 is 0 Å². The molecule has 5 rings (SSSR count). The molecule has 2 saturated heterocycles. The third-order valence-corrected chi connectivity index (χ3v) is 6.59. The Kier molecular flexibility index (Phi) is 5.64. The molecule has 1 unspecified atom stereocenters. The van der Waals surface area contributed by atoms with Crippen molar-refractivity contribution >= 4 is 11.0 Å². The van der Waals surface area contributed by atoms with E-state index in [1.54, 1.807) is 0 Å². The molecule has 2 fully saturated rings. The maximum Gasteiger partial charge on any atom is 0.141 e. The lowest BCUT2D eigenvalue weighted by Crippen LogP contribution is -2.31. The summed E-state index contributed by atoms with van der Waals surface area (Å²) in [5.74, 6) is 1.11. The van der Waals surface area contributed by atoms with Crippen molar-refractivity contribution in [3.8, 4) is 11.4 Å². The minimum atomic E-state index is 0.521. The minimum Gasteiger partial charge on any atom is -0.324 e. The number of rotatable bonds is 6. The number of fused-ring (bicyclic) bond motifs is 1. The third-order valence-electron chi connectivity index (χ3n) is 6.59. The number of nitrogens with zero attached hydrogens (tertiary/aromatic N) is 3. The molecule has 0 amide bonds. The second kappa shape index (κ2) is 8.68. The van der Waals surface area contributed by atoms with E-state index in [0.29, 0.717) is 6.04 Å². The third kappa shape index (κ3) is 4.10. The molecule has 4 heteroatoms. The van der Waals surface area contributed by atoms with E-state index in [-0.39, 0.29) is 0 Å². The van der Waals surface area contributed by atoms with E-state index in [0.717, 1.165) is 24.4 Å². The van der Waals surface area contributed by atoms with Crippen LogP contribution in [0.3, 0.4) is 0 Å². The van der Waals surface area contributed by atoms with Gasteiger partial charge < -0.3 is 14.8 Å². The first-order valence-corrected chi connectivity index (χ1v) is 11.4. The van der Waals surface area contributed by atoms with E-state index in [1.807, 2.05) is 0 Å². The first-order chi connectivity index (χ1) is 14.4. The van der Waals surface area contributed by atoms with Crippen molar-refractivity contribution in [2.45, 2.75) is 51.1 Å². The average molecular weight is 389 g/mol. The van der Waals surface area contributed by atoms with Crippen LogP contribution in [0.4, 0.5) is 0 Å². The zero-order valence-electron chi connectivity index (χ0n) is 17.3. The van der Waals surface area contributed by atoms with Gasteiger partial charge in [-0.1, -0.05) is 42.8 Å². The highest BCUT2D eigenvalue weighted by Crippen LogP contribution is 2.28. The number of aromatic nitrogens is 2. The Morgan fingerprint density at radius 1 is 0.897 bits per heavy atom. The van der Waals surface area contributed by atoms with Crippen LogP contribution in [0.1, 0.15) is 50.1 Å². The Morgan fingerprint density at radius 3 is 2.52 bits per heavy atom. The van der Waals surface area contributed by atoms with Crippen LogP contribution >= 0.6 is 0 Å². The minimum absolute atomic E-state index is 0.521. The standard InChI is InChI=1S/C25H32N4/c1-4-16-28(17-5-1)18-7-19-29-24-10-3-2-8-23(24)27-25(29)21-13-11-20(12-14-21)22-9-6-15-26-22/h2-3,8,10-14,22,26H,1,4-7,9,15-19H2. The van der Waals surface area contributed by atoms with Crippen LogP contribution in [-0.4, -0.2) is 40.6 Å². The lowest BCUT2D eigenvalue weighted by molar-refractivity contribution is 0.223. The number of likely N-dealkylation sites (tertiary alicyclic amines) is 1. The van der Waals surface area contributed by atoms with Gasteiger partial charge in [0.2, 0.25) is 0 Å². The Morgan fingerprint density at radius 2 is 1.72 bits per heavy atom. The monoisotopic (exact) mass is 388 g/mol. The molecule has 1 aromatic heterocycles. The van der Waals surface area contributed by atoms with E-state index in [4.69, 9.17) is 4.98 Å². The average Bonchev–Trinajstić information content (AvgIpc) is 3.43. The van der Waals surface area contributed by atoms with Gasteiger partial charge in [0.05, 0.1) is 11.0 Å². The molecule has 0 bridgehead atoms. The van der Waals surface area contributed by atoms with E-state index < -0.39 is 0 Å². The van der Waals surface area contributed by atoms with Crippen LogP contribution < -0.4 is 5.32 Å². The molecule has 3 aromatic rings. The molecule has 3 heterocycles. The Hall–Kier alpha value is -2.17. The molecule has 152 valence electrons. The number of piperidine rings is 1. The van der Waals surface area contributed by atoms with Crippen LogP contribution in [0.25, 0.3) is 22.4 Å². The summed E-state index contributed by atoms with van der Waals surface area (Å²) in [4.78, 5) is 7.64. The molecule has 0 saturated carbocycles. The van der Waals surface area contributed by atoms with Crippen LogP contribution in [0.15, 0.2) is 48.5 Å². The summed E-state index contributed by atoms with van der Waals surface area (Å²) in [5.41, 5.74) is 4.98. The smallest absolute Gasteiger partial charge is 0.141 e. The molecule has 2 aliphatic rings. The highest BCUT2D eigenvalue weighted by Gasteiger charge is 2.17. The van der Waals surface area contributed by atoms with Gasteiger partial charge in [-0.25, -0.2) is 4.98 Å². The summed E-state index contributed by atoms with van der Waals surface area (Å²) < 4.78 is 2.43. The number of hydrogen-bond acceptors (Lipinski definition) is 3. The van der Waals surface area contributed by atoms with Crippen LogP contribution in [0.5, 0.6) is 0 Å². The van der Waals surface area contributed by atoms with Gasteiger partial charge in [-0.05, 0) is 76.0 Å². The molecule has 2 aliphatic heterocycles. The number of hydrogen-bond donors (Lipinski definition) is 1. The Labute approximate surface area is 173 Å². The van der Waals surface area contributed by atoms with E-state index in [9.17, 15) is 0 Å². The number of nitrogens with one attached hydrogen (secondary N) is 1. The topological polar surface area (TPSA) is 33.1 Å². The molecular weight excluding hydrogens is 356 g/mol. The highest BCUT2D eigenvalue weighted by atomic mass is 15.1. The van der Waals surface area contributed by atoms with Gasteiger partial charge in [-0.15, -0.1) is 0 Å². The quantitative estimate of drug-likeness (QED) is 0.645. The molecule has 0 aliphatic carbocycles. The zero-order valence-corrected chi connectivity index (χ0v) is 17.3. The van der Waals surface area contributed by atoms with Crippen molar-refractivity contribution in [2.24, 2.45) is 0 Å². The summed E-state index contributed by atoms with van der Waals surface area (Å²) in [6.45, 7) is 5.90. The molecule has 0 radical (unpaired) electrons. The SMILES string of the molecule is c1ccc2c(c1)nc(-c1ccc(C3CCCN3)cc1)n2CCCN1CCCCC1. The molecular formula is C25H32N4. The molecule has 4 nitrogen and oxygen atoms in total. The normalized spacial score (nSPS) is 20.5. The number of benzene rings is 2. The van der Waals surface area contributed by atoms with Crippen molar-refractivity contribution in [2.75, 3.05) is 26.2 Å². The largest absolute Gasteiger partial charge is 0.324 e. The number of imidazole rings is 1. The van der Waals surface area contributed by atoms with Crippen LogP contribution in [0.2, 0.25) is 0 Å². The van der Waals surface area contributed by atoms with Crippen molar-refractivity contribution in [3.05, 3.63) is 54.1 Å². The van der Waals surface area contributed by atoms with E-state index in [2.05, 4.69) is 63.3 Å². The number of para-hydroxylation sites is 2. The van der Waals surface area contributed by atoms with Crippen molar-refractivity contribution < 1.29 is 0 Å². The second-order valence-corrected chi connectivity index (χ2v) is 8.60. The maximum absolute atomic E-state index is 5.01. The van der Waals surface area contributed by atoms with Gasteiger partial charge in [-0.3, -0.25) is 0 Å². The van der Waals surface area contributed by atoms with Crippen molar-refractivity contribution in [3.63, 3.8) is 0 Å². The fraction of sp³-hybridized carbons (Fsp3) is 0.480. The fourth-order valence-electron chi connectivity index (χ4n) is 4.99. The van der Waals surface area contributed by atoms with Crippen molar-refractivity contribution in [1.82, 2.24) is 19.8 Å². The zero-order chi connectivity index (χ0) is 19.5. The first-order valence-electron chi connectivity index (χ1n) is 11.4. The molecule has 29 heavy (non-hydrogen) atoms. The van der Waals surface area contributed by atoms with Gasteiger partial charge in [0.15, 0.2) is 0 Å². The van der Waals surface area contributed by atoms with Gasteiger partial charge in [0.25, 0.3) is 0 Å². The first kappa shape index (κ1) is 18.8. The highest BCUT2D eigenvalue weighted by molar-refractivity contribution is 5.80. The van der Waals surface area contributed by atoms with Crippen molar-refractivity contribution in [1.29, 1.82) is 0 Å². The Balaban J connectivity index is 1.38. The summed E-state index contributed by atoms with van der Waals surface area (Å²) in [7, 11) is 0. The lowest BCUT2D eigenvalue weighted by atomic mass is 10.0. The number of aryl methyl sites for hydroxylation is 1. The lowest BCUT2D eigenvalue weighted by Gasteiger charge is -2.26. The maximum atomic E-state index is 5.01. The molecule has 0 spiro atoms. The van der Waals surface area contributed by atoms with Crippen LogP contribution in [0, 0.1) is 0 Å². The van der Waals surface area contributed by atoms with E-state index >= 15 is 0 Å².